The highest BCUT2D eigenvalue weighted by Crippen LogP contribution is 2.30. The van der Waals surface area contributed by atoms with Gasteiger partial charge in [0.2, 0.25) is 5.91 Å². The Morgan fingerprint density at radius 2 is 2.05 bits per heavy atom. The molecule has 0 aromatic heterocycles. The predicted molar refractivity (Wildman–Crippen MR) is 79.5 cm³/mol. The van der Waals surface area contributed by atoms with Gasteiger partial charge in [-0.05, 0) is 38.0 Å². The van der Waals surface area contributed by atoms with Gasteiger partial charge in [0.15, 0.2) is 0 Å². The summed E-state index contributed by atoms with van der Waals surface area (Å²) in [6.45, 7) is 1.09. The lowest BCUT2D eigenvalue weighted by Crippen LogP contribution is -2.35. The monoisotopic (exact) mass is 291 g/mol. The highest BCUT2D eigenvalue weighted by Gasteiger charge is 2.39. The lowest BCUT2D eigenvalue weighted by atomic mass is 9.95. The number of carbonyl (C=O) groups excluding carboxylic acids is 2. The van der Waals surface area contributed by atoms with E-state index < -0.39 is 0 Å². The molecule has 4 nitrogen and oxygen atoms in total. The van der Waals surface area contributed by atoms with Crippen molar-refractivity contribution in [3.8, 4) is 0 Å². The summed E-state index contributed by atoms with van der Waals surface area (Å²) in [7, 11) is 0. The molecule has 0 aromatic rings. The zero-order chi connectivity index (χ0) is 14.7. The average molecular weight is 291 g/mol. The highest BCUT2D eigenvalue weighted by molar-refractivity contribution is 5.87. The van der Waals surface area contributed by atoms with Gasteiger partial charge in [-0.25, -0.2) is 0 Å². The molecule has 0 spiro atoms. The number of esters is 1. The fraction of sp³-hybridized carbons (Fsp3) is 0.765. The highest BCUT2D eigenvalue weighted by atomic mass is 16.5. The van der Waals surface area contributed by atoms with Crippen LogP contribution in [-0.2, 0) is 14.3 Å². The van der Waals surface area contributed by atoms with Gasteiger partial charge >= 0.3 is 5.97 Å². The van der Waals surface area contributed by atoms with Crippen LogP contribution in [-0.4, -0.2) is 36.0 Å². The third kappa shape index (κ3) is 3.47. The molecule has 0 N–H and O–H groups in total. The van der Waals surface area contributed by atoms with E-state index in [1.807, 2.05) is 4.90 Å². The molecular weight excluding hydrogens is 266 g/mol. The van der Waals surface area contributed by atoms with E-state index in [-0.39, 0.29) is 17.8 Å². The number of allylic oxidation sites excluding steroid dienone is 2. The van der Waals surface area contributed by atoms with Crippen molar-refractivity contribution in [2.45, 2.75) is 57.4 Å². The fourth-order valence-electron chi connectivity index (χ4n) is 3.78. The van der Waals surface area contributed by atoms with Gasteiger partial charge in [-0.15, -0.1) is 0 Å². The molecule has 21 heavy (non-hydrogen) atoms. The van der Waals surface area contributed by atoms with Crippen LogP contribution in [0, 0.1) is 11.8 Å². The third-order valence-corrected chi connectivity index (χ3v) is 5.10. The van der Waals surface area contributed by atoms with Crippen LogP contribution in [0.25, 0.3) is 0 Å². The number of likely N-dealkylation sites (tertiary alicyclic amines) is 1. The van der Waals surface area contributed by atoms with Gasteiger partial charge in [0, 0.05) is 19.0 Å². The van der Waals surface area contributed by atoms with Crippen LogP contribution < -0.4 is 0 Å². The van der Waals surface area contributed by atoms with Gasteiger partial charge in [0.25, 0.3) is 0 Å². The summed E-state index contributed by atoms with van der Waals surface area (Å²) in [6.07, 6.45) is 12.5. The first-order chi connectivity index (χ1) is 10.2. The Labute approximate surface area is 126 Å². The van der Waals surface area contributed by atoms with Gasteiger partial charge in [-0.1, -0.05) is 25.0 Å². The van der Waals surface area contributed by atoms with Crippen molar-refractivity contribution in [2.24, 2.45) is 11.8 Å². The number of carbonyl (C=O) groups is 2. The van der Waals surface area contributed by atoms with E-state index in [0.717, 1.165) is 32.1 Å². The largest absolute Gasteiger partial charge is 0.465 e. The van der Waals surface area contributed by atoms with E-state index >= 15 is 0 Å². The van der Waals surface area contributed by atoms with Crippen molar-refractivity contribution in [1.82, 2.24) is 4.90 Å². The van der Waals surface area contributed by atoms with Gasteiger partial charge in [-0.3, -0.25) is 9.59 Å². The predicted octanol–water partition coefficient (Wildman–Crippen LogP) is 2.68. The first kappa shape index (κ1) is 14.6. The molecule has 3 aliphatic rings. The normalized spacial score (nSPS) is 30.1. The van der Waals surface area contributed by atoms with Crippen molar-refractivity contribution in [2.75, 3.05) is 13.2 Å². The van der Waals surface area contributed by atoms with Crippen LogP contribution in [0.2, 0.25) is 0 Å². The van der Waals surface area contributed by atoms with Crippen molar-refractivity contribution < 1.29 is 14.3 Å². The van der Waals surface area contributed by atoms with Gasteiger partial charge in [0.05, 0.1) is 12.5 Å². The SMILES string of the molecule is O=C(OC[C@@H]1CC=CCC1)[C@@H]1CC(=O)N(C2CCCC2)C1. The lowest BCUT2D eigenvalue weighted by Gasteiger charge is -2.24. The molecule has 2 atom stereocenters. The van der Waals surface area contributed by atoms with Crippen LogP contribution in [0.4, 0.5) is 0 Å². The van der Waals surface area contributed by atoms with Crippen molar-refractivity contribution in [1.29, 1.82) is 0 Å². The van der Waals surface area contributed by atoms with Gasteiger partial charge in [0.1, 0.15) is 0 Å². The summed E-state index contributed by atoms with van der Waals surface area (Å²) in [5.41, 5.74) is 0. The summed E-state index contributed by atoms with van der Waals surface area (Å²) < 4.78 is 5.47. The maximum absolute atomic E-state index is 12.2. The molecule has 0 radical (unpaired) electrons. The molecule has 0 aromatic carbocycles. The minimum absolute atomic E-state index is 0.143. The van der Waals surface area contributed by atoms with E-state index in [4.69, 9.17) is 4.74 Å². The Balaban J connectivity index is 1.46. The van der Waals surface area contributed by atoms with E-state index in [1.54, 1.807) is 0 Å². The minimum Gasteiger partial charge on any atom is -0.465 e. The van der Waals surface area contributed by atoms with Crippen LogP contribution >= 0.6 is 0 Å². The van der Waals surface area contributed by atoms with Crippen LogP contribution in [0.1, 0.15) is 51.4 Å². The molecule has 2 fully saturated rings. The molecule has 0 unspecified atom stereocenters. The average Bonchev–Trinajstić information content (AvgIpc) is 3.15. The Morgan fingerprint density at radius 3 is 2.76 bits per heavy atom. The molecule has 1 heterocycles. The number of amides is 1. The van der Waals surface area contributed by atoms with E-state index in [9.17, 15) is 9.59 Å². The van der Waals surface area contributed by atoms with Crippen LogP contribution in [0.3, 0.4) is 0 Å². The topological polar surface area (TPSA) is 46.6 Å². The minimum atomic E-state index is -0.239. The Morgan fingerprint density at radius 1 is 1.24 bits per heavy atom. The first-order valence-electron chi connectivity index (χ1n) is 8.35. The Hall–Kier alpha value is -1.32. The van der Waals surface area contributed by atoms with Gasteiger partial charge in [-0.2, -0.15) is 0 Å². The van der Waals surface area contributed by atoms with E-state index in [2.05, 4.69) is 12.2 Å². The molecule has 2 aliphatic carbocycles. The Bertz CT molecular complexity index is 426. The number of rotatable bonds is 4. The quantitative estimate of drug-likeness (QED) is 0.591. The van der Waals surface area contributed by atoms with Gasteiger partial charge < -0.3 is 9.64 Å². The zero-order valence-corrected chi connectivity index (χ0v) is 12.6. The molecule has 1 amide bonds. The smallest absolute Gasteiger partial charge is 0.311 e. The second-order valence-corrected chi connectivity index (χ2v) is 6.67. The summed E-state index contributed by atoms with van der Waals surface area (Å²) in [5.74, 6) is 0.196. The summed E-state index contributed by atoms with van der Waals surface area (Å²) in [5, 5.41) is 0. The number of nitrogens with zero attached hydrogens (tertiary/aromatic N) is 1. The second kappa shape index (κ2) is 6.63. The van der Waals surface area contributed by atoms with E-state index in [1.165, 1.54) is 12.8 Å². The standard InChI is InChI=1S/C17H25NO3/c19-16-10-14(11-18(16)15-8-4-5-9-15)17(20)21-12-13-6-2-1-3-7-13/h1-2,13-15H,3-12H2/t13-,14-/m1/s1. The first-order valence-corrected chi connectivity index (χ1v) is 8.35. The lowest BCUT2D eigenvalue weighted by molar-refractivity contribution is -0.149. The van der Waals surface area contributed by atoms with Crippen LogP contribution in [0.15, 0.2) is 12.2 Å². The second-order valence-electron chi connectivity index (χ2n) is 6.67. The fourth-order valence-corrected chi connectivity index (χ4v) is 3.78. The van der Waals surface area contributed by atoms with Crippen molar-refractivity contribution in [3.05, 3.63) is 12.2 Å². The molecule has 116 valence electrons. The number of ether oxygens (including phenoxy) is 1. The van der Waals surface area contributed by atoms with Crippen LogP contribution in [0.5, 0.6) is 0 Å². The number of hydrogen-bond acceptors (Lipinski definition) is 3. The molecule has 1 saturated carbocycles. The molecule has 1 saturated heterocycles. The molecule has 4 heteroatoms. The summed E-state index contributed by atoms with van der Waals surface area (Å²) in [6, 6.07) is 0.374. The maximum atomic E-state index is 12.2. The zero-order valence-electron chi connectivity index (χ0n) is 12.6. The van der Waals surface area contributed by atoms with E-state index in [0.29, 0.717) is 31.5 Å². The molecule has 3 rings (SSSR count). The Kier molecular flexibility index (Phi) is 4.61. The molecule has 1 aliphatic heterocycles. The summed E-state index contributed by atoms with van der Waals surface area (Å²) in [4.78, 5) is 26.2. The molecule has 0 bridgehead atoms. The number of hydrogen-bond donors (Lipinski definition) is 0. The van der Waals surface area contributed by atoms with Crippen molar-refractivity contribution in [3.63, 3.8) is 0 Å². The summed E-state index contributed by atoms with van der Waals surface area (Å²) >= 11 is 0. The third-order valence-electron chi connectivity index (χ3n) is 5.10. The van der Waals surface area contributed by atoms with Crippen molar-refractivity contribution >= 4 is 11.9 Å². The molecular formula is C17H25NO3. The maximum Gasteiger partial charge on any atom is 0.311 e.